The number of aliphatic hydroxyl groups excluding tert-OH is 2. The highest BCUT2D eigenvalue weighted by atomic mass is 16.5. The number of amides is 1. The summed E-state index contributed by atoms with van der Waals surface area (Å²) in [6, 6.07) is -0.715. The molecular weight excluding hydrogens is 707 g/mol. The van der Waals surface area contributed by atoms with Crippen LogP contribution in [-0.4, -0.2) is 46.9 Å². The van der Waals surface area contributed by atoms with Gasteiger partial charge in [-0.15, -0.1) is 0 Å². The van der Waals surface area contributed by atoms with E-state index >= 15 is 0 Å². The van der Waals surface area contributed by atoms with E-state index in [4.69, 9.17) is 4.74 Å². The summed E-state index contributed by atoms with van der Waals surface area (Å²) in [4.78, 5) is 26.0. The minimum Gasteiger partial charge on any atom is -0.462 e. The summed E-state index contributed by atoms with van der Waals surface area (Å²) in [7, 11) is 0. The van der Waals surface area contributed by atoms with E-state index < -0.39 is 18.2 Å². The van der Waals surface area contributed by atoms with E-state index in [0.29, 0.717) is 19.3 Å². The van der Waals surface area contributed by atoms with Crippen molar-refractivity contribution in [3.8, 4) is 0 Å². The summed E-state index contributed by atoms with van der Waals surface area (Å²) in [5.74, 6) is -0.525. The zero-order valence-electron chi connectivity index (χ0n) is 37.2. The monoisotopic (exact) mass is 796 g/mol. The molecule has 0 aromatic carbocycles. The van der Waals surface area contributed by atoms with Crippen LogP contribution < -0.4 is 5.32 Å². The maximum atomic E-state index is 13.2. The number of aliphatic hydroxyl groups is 2. The van der Waals surface area contributed by atoms with Crippen LogP contribution in [-0.2, 0) is 14.3 Å². The SMILES string of the molecule is CC/C=C/C=C/C=C\CCCCCCCC(=O)OC(CCCCCC/C=C/C/C=C/C/C=C/CC)CC(=O)NC(CO)C(O)CCCCCCCCCCCCC. The molecule has 0 radical (unpaired) electrons. The first-order chi connectivity index (χ1) is 28.0. The summed E-state index contributed by atoms with van der Waals surface area (Å²) in [6.45, 7) is 6.21. The van der Waals surface area contributed by atoms with Gasteiger partial charge in [0.2, 0.25) is 5.91 Å². The Morgan fingerprint density at radius 2 is 1.04 bits per heavy atom. The smallest absolute Gasteiger partial charge is 0.306 e. The maximum absolute atomic E-state index is 13.2. The fourth-order valence-corrected chi connectivity index (χ4v) is 6.80. The Kier molecular flexibility index (Phi) is 42.3. The molecule has 3 unspecified atom stereocenters. The normalized spacial score (nSPS) is 14.0. The van der Waals surface area contributed by atoms with Gasteiger partial charge in [-0.1, -0.05) is 196 Å². The minimum absolute atomic E-state index is 0.0511. The van der Waals surface area contributed by atoms with Crippen LogP contribution >= 0.6 is 0 Å². The number of nitrogens with one attached hydrogen (secondary N) is 1. The van der Waals surface area contributed by atoms with Crippen LogP contribution in [0.1, 0.15) is 213 Å². The van der Waals surface area contributed by atoms with Gasteiger partial charge in [0.05, 0.1) is 25.2 Å². The van der Waals surface area contributed by atoms with E-state index in [9.17, 15) is 19.8 Å². The average Bonchev–Trinajstić information content (AvgIpc) is 3.20. The van der Waals surface area contributed by atoms with E-state index in [1.165, 1.54) is 51.4 Å². The second-order valence-corrected chi connectivity index (χ2v) is 15.8. The van der Waals surface area contributed by atoms with Gasteiger partial charge in [0.25, 0.3) is 0 Å². The van der Waals surface area contributed by atoms with E-state index in [1.807, 2.05) is 0 Å². The van der Waals surface area contributed by atoms with Crippen LogP contribution in [0.25, 0.3) is 0 Å². The van der Waals surface area contributed by atoms with Crippen LogP contribution in [0.3, 0.4) is 0 Å². The fourth-order valence-electron chi connectivity index (χ4n) is 6.80. The molecule has 3 atom stereocenters. The van der Waals surface area contributed by atoms with Gasteiger partial charge in [0.15, 0.2) is 0 Å². The number of ether oxygens (including phenoxy) is 1. The van der Waals surface area contributed by atoms with Crippen molar-refractivity contribution in [2.45, 2.75) is 232 Å². The first kappa shape index (κ1) is 54.3. The zero-order chi connectivity index (χ0) is 41.7. The number of allylic oxidation sites excluding steroid dienone is 12. The second kappa shape index (κ2) is 44.4. The molecule has 0 aliphatic rings. The summed E-state index contributed by atoms with van der Waals surface area (Å²) in [5.41, 5.74) is 0. The molecule has 328 valence electrons. The Balaban J connectivity index is 4.69. The molecule has 0 fully saturated rings. The molecule has 0 saturated carbocycles. The number of esters is 1. The highest BCUT2D eigenvalue weighted by molar-refractivity contribution is 5.77. The topological polar surface area (TPSA) is 95.9 Å². The quantitative estimate of drug-likeness (QED) is 0.0248. The van der Waals surface area contributed by atoms with Gasteiger partial charge in [-0.2, -0.15) is 0 Å². The largest absolute Gasteiger partial charge is 0.462 e. The highest BCUT2D eigenvalue weighted by Crippen LogP contribution is 2.17. The van der Waals surface area contributed by atoms with Crippen LogP contribution in [0.2, 0.25) is 0 Å². The lowest BCUT2D eigenvalue weighted by molar-refractivity contribution is -0.151. The molecule has 57 heavy (non-hydrogen) atoms. The van der Waals surface area contributed by atoms with Crippen molar-refractivity contribution >= 4 is 11.9 Å². The average molecular weight is 796 g/mol. The third-order valence-corrected chi connectivity index (χ3v) is 10.3. The van der Waals surface area contributed by atoms with Crippen molar-refractivity contribution in [3.05, 3.63) is 72.9 Å². The Morgan fingerprint density at radius 1 is 0.544 bits per heavy atom. The van der Waals surface area contributed by atoms with Crippen molar-refractivity contribution in [3.63, 3.8) is 0 Å². The van der Waals surface area contributed by atoms with E-state index in [2.05, 4.69) is 99.0 Å². The van der Waals surface area contributed by atoms with Gasteiger partial charge < -0.3 is 20.3 Å². The molecule has 0 aliphatic heterocycles. The van der Waals surface area contributed by atoms with Gasteiger partial charge in [0, 0.05) is 6.42 Å². The van der Waals surface area contributed by atoms with Crippen molar-refractivity contribution in [1.29, 1.82) is 0 Å². The van der Waals surface area contributed by atoms with Crippen molar-refractivity contribution in [2.24, 2.45) is 0 Å². The molecule has 0 heterocycles. The Labute approximate surface area is 351 Å². The van der Waals surface area contributed by atoms with E-state index in [1.54, 1.807) is 0 Å². The Bertz CT molecular complexity index is 1070. The zero-order valence-corrected chi connectivity index (χ0v) is 37.2. The number of hydrogen-bond donors (Lipinski definition) is 3. The molecule has 0 aliphatic carbocycles. The summed E-state index contributed by atoms with van der Waals surface area (Å²) >= 11 is 0. The summed E-state index contributed by atoms with van der Waals surface area (Å²) in [6.07, 6.45) is 55.3. The molecule has 0 rings (SSSR count). The highest BCUT2D eigenvalue weighted by Gasteiger charge is 2.24. The van der Waals surface area contributed by atoms with Gasteiger partial charge in [-0.25, -0.2) is 0 Å². The number of carbonyl (C=O) groups is 2. The number of rotatable bonds is 41. The summed E-state index contributed by atoms with van der Waals surface area (Å²) in [5, 5.41) is 23.7. The Morgan fingerprint density at radius 3 is 1.63 bits per heavy atom. The van der Waals surface area contributed by atoms with Crippen LogP contribution in [0.4, 0.5) is 0 Å². The van der Waals surface area contributed by atoms with Crippen molar-refractivity contribution in [1.82, 2.24) is 5.32 Å². The molecule has 0 aromatic heterocycles. The fraction of sp³-hybridized carbons (Fsp3) is 0.725. The van der Waals surface area contributed by atoms with Crippen molar-refractivity contribution in [2.75, 3.05) is 6.61 Å². The third kappa shape index (κ3) is 39.9. The molecular formula is C51H89NO5. The second-order valence-electron chi connectivity index (χ2n) is 15.8. The van der Waals surface area contributed by atoms with E-state index in [-0.39, 0.29) is 24.9 Å². The molecule has 0 saturated heterocycles. The molecule has 3 N–H and O–H groups in total. The molecule has 0 bridgehead atoms. The summed E-state index contributed by atoms with van der Waals surface area (Å²) < 4.78 is 5.89. The number of unbranched alkanes of at least 4 members (excludes halogenated alkanes) is 19. The molecule has 1 amide bonds. The van der Waals surface area contributed by atoms with Gasteiger partial charge in [0.1, 0.15) is 6.10 Å². The predicted octanol–water partition coefficient (Wildman–Crippen LogP) is 13.8. The molecule has 6 heteroatoms. The lowest BCUT2D eigenvalue weighted by atomic mass is 10.0. The minimum atomic E-state index is -0.799. The van der Waals surface area contributed by atoms with Gasteiger partial charge in [-0.3, -0.25) is 9.59 Å². The molecule has 0 spiro atoms. The Hall–Kier alpha value is -2.70. The molecule has 6 nitrogen and oxygen atoms in total. The number of carbonyl (C=O) groups excluding carboxylic acids is 2. The van der Waals surface area contributed by atoms with Crippen LogP contribution in [0, 0.1) is 0 Å². The van der Waals surface area contributed by atoms with Gasteiger partial charge >= 0.3 is 5.97 Å². The maximum Gasteiger partial charge on any atom is 0.306 e. The van der Waals surface area contributed by atoms with Crippen LogP contribution in [0.5, 0.6) is 0 Å². The standard InChI is InChI=1S/C51H89NO5/c1-4-7-10-13-16-19-22-24-26-28-30-33-36-39-42-47(57-51(56)44-41-38-35-32-29-25-23-20-17-14-11-8-5-2)45-50(55)52-48(46-53)49(54)43-40-37-34-31-27-21-18-15-12-9-6-3/h7-8,10-11,14,16-17,19-20,23-24,26,47-49,53-54H,4-6,9,12-13,15,18,21-22,25,27-46H2,1-3H3,(H,52,55)/b10-7+,11-8+,17-14+,19-16+,23-20-,26-24+. The first-order valence-corrected chi connectivity index (χ1v) is 23.7. The first-order valence-electron chi connectivity index (χ1n) is 23.7. The lowest BCUT2D eigenvalue weighted by Crippen LogP contribution is -2.46. The van der Waals surface area contributed by atoms with Gasteiger partial charge in [-0.05, 0) is 77.0 Å². The third-order valence-electron chi connectivity index (χ3n) is 10.3. The van der Waals surface area contributed by atoms with E-state index in [0.717, 1.165) is 116 Å². The molecule has 0 aromatic rings. The lowest BCUT2D eigenvalue weighted by Gasteiger charge is -2.24. The number of hydrogen-bond acceptors (Lipinski definition) is 5. The van der Waals surface area contributed by atoms with Crippen molar-refractivity contribution < 1.29 is 24.5 Å². The predicted molar refractivity (Wildman–Crippen MR) is 245 cm³/mol. The van der Waals surface area contributed by atoms with Crippen LogP contribution in [0.15, 0.2) is 72.9 Å².